The minimum Gasteiger partial charge on any atom is -0.497 e. The lowest BCUT2D eigenvalue weighted by Crippen LogP contribution is -2.25. The molecule has 2 aromatic carbocycles. The first-order chi connectivity index (χ1) is 16.1. The van der Waals surface area contributed by atoms with Gasteiger partial charge in [-0.15, -0.1) is 0 Å². The van der Waals surface area contributed by atoms with Gasteiger partial charge in [0.05, 0.1) is 41.2 Å². The number of non-ortho nitro benzene ring substituents is 1. The zero-order chi connectivity index (χ0) is 25.0. The summed E-state index contributed by atoms with van der Waals surface area (Å²) in [6, 6.07) is 10.6. The third-order valence-corrected chi connectivity index (χ3v) is 5.09. The number of anilines is 1. The molecule has 0 saturated heterocycles. The van der Waals surface area contributed by atoms with Crippen LogP contribution in [0.5, 0.6) is 17.2 Å². The van der Waals surface area contributed by atoms with E-state index in [-0.39, 0.29) is 35.1 Å². The van der Waals surface area contributed by atoms with Crippen molar-refractivity contribution in [3.63, 3.8) is 0 Å². The Balaban J connectivity index is 1.78. The first-order valence-corrected chi connectivity index (χ1v) is 10.2. The number of aromatic nitrogens is 2. The zero-order valence-electron chi connectivity index (χ0n) is 19.0. The maximum atomic E-state index is 12.8. The van der Waals surface area contributed by atoms with Gasteiger partial charge in [-0.2, -0.15) is 5.10 Å². The highest BCUT2D eigenvalue weighted by Crippen LogP contribution is 2.31. The normalized spacial score (nSPS) is 11.5. The highest BCUT2D eigenvalue weighted by atomic mass is 16.6. The van der Waals surface area contributed by atoms with Gasteiger partial charge < -0.3 is 14.8 Å². The molecule has 0 bridgehead atoms. The number of amides is 1. The van der Waals surface area contributed by atoms with Crippen LogP contribution in [-0.4, -0.2) is 32.6 Å². The Morgan fingerprint density at radius 3 is 2.26 bits per heavy atom. The van der Waals surface area contributed by atoms with Crippen molar-refractivity contribution in [2.45, 2.75) is 27.3 Å². The summed E-state index contributed by atoms with van der Waals surface area (Å²) in [6.45, 7) is 4.81. The van der Waals surface area contributed by atoms with Crippen LogP contribution < -0.4 is 14.8 Å². The van der Waals surface area contributed by atoms with Gasteiger partial charge in [0.1, 0.15) is 28.6 Å². The third-order valence-electron chi connectivity index (χ3n) is 5.09. The van der Waals surface area contributed by atoms with E-state index in [1.165, 1.54) is 36.9 Å². The largest absolute Gasteiger partial charge is 0.497 e. The van der Waals surface area contributed by atoms with Crippen molar-refractivity contribution in [3.8, 4) is 17.2 Å². The minimum absolute atomic E-state index is 0.0911. The number of nitro groups is 2. The number of nitro benzene ring substituents is 1. The summed E-state index contributed by atoms with van der Waals surface area (Å²) in [5.74, 6) is 0.143. The Kier molecular flexibility index (Phi) is 7.09. The van der Waals surface area contributed by atoms with Gasteiger partial charge in [-0.1, -0.05) is 6.92 Å². The smallest absolute Gasteiger partial charge is 0.312 e. The molecule has 178 valence electrons. The summed E-state index contributed by atoms with van der Waals surface area (Å²) in [5, 5.41) is 29.4. The summed E-state index contributed by atoms with van der Waals surface area (Å²) in [4.78, 5) is 34.2. The Morgan fingerprint density at radius 2 is 1.71 bits per heavy atom. The monoisotopic (exact) mass is 469 g/mol. The number of carbonyl (C=O) groups is 1. The van der Waals surface area contributed by atoms with Gasteiger partial charge in [-0.3, -0.25) is 29.7 Å². The molecule has 0 fully saturated rings. The van der Waals surface area contributed by atoms with Crippen molar-refractivity contribution >= 4 is 23.0 Å². The van der Waals surface area contributed by atoms with E-state index in [0.29, 0.717) is 17.2 Å². The minimum atomic E-state index is -0.636. The van der Waals surface area contributed by atoms with Gasteiger partial charge in [0.25, 0.3) is 5.69 Å². The molecule has 1 aromatic heterocycles. The predicted molar refractivity (Wildman–Crippen MR) is 122 cm³/mol. The molecule has 1 heterocycles. The highest BCUT2D eigenvalue weighted by molar-refractivity contribution is 5.92. The molecule has 3 rings (SSSR count). The second-order valence-corrected chi connectivity index (χ2v) is 7.60. The third kappa shape index (κ3) is 5.46. The molecule has 0 saturated carbocycles. The van der Waals surface area contributed by atoms with E-state index in [9.17, 15) is 25.0 Å². The number of nitrogens with one attached hydrogen (secondary N) is 1. The molecular formula is C22H23N5O7. The molecule has 1 atom stereocenters. The molecule has 0 aliphatic heterocycles. The van der Waals surface area contributed by atoms with Crippen LogP contribution in [0.15, 0.2) is 42.5 Å². The SMILES string of the molecule is COc1ccc(Oc2cc(NC(=O)C(C)Cn3nc(C)c([N+](=O)[O-])c3C)cc([N+](=O)[O-])c2)cc1. The fourth-order valence-electron chi connectivity index (χ4n) is 3.34. The molecule has 34 heavy (non-hydrogen) atoms. The Morgan fingerprint density at radius 1 is 1.06 bits per heavy atom. The van der Waals surface area contributed by atoms with Crippen molar-refractivity contribution in [3.05, 3.63) is 74.1 Å². The first-order valence-electron chi connectivity index (χ1n) is 10.2. The standard InChI is InChI=1S/C22H23N5O7/c1-13(12-25-15(3)21(27(31)32)14(2)24-25)22(28)23-16-9-17(26(29)30)11-20(10-16)34-19-7-5-18(33-4)6-8-19/h5-11,13H,12H2,1-4H3,(H,23,28). The molecule has 1 unspecified atom stereocenters. The number of rotatable bonds is 9. The van der Waals surface area contributed by atoms with Crippen molar-refractivity contribution < 1.29 is 24.1 Å². The highest BCUT2D eigenvalue weighted by Gasteiger charge is 2.24. The molecule has 1 N–H and O–H groups in total. The Hall–Kier alpha value is -4.48. The number of hydrogen-bond acceptors (Lipinski definition) is 8. The average molecular weight is 469 g/mol. The molecule has 0 spiro atoms. The number of carbonyl (C=O) groups excluding carboxylic acids is 1. The lowest BCUT2D eigenvalue weighted by atomic mass is 10.1. The van der Waals surface area contributed by atoms with Crippen LogP contribution in [0.25, 0.3) is 0 Å². The summed E-state index contributed by atoms with van der Waals surface area (Å²) in [6.07, 6.45) is 0. The van der Waals surface area contributed by atoms with Gasteiger partial charge >= 0.3 is 5.69 Å². The van der Waals surface area contributed by atoms with Crippen LogP contribution >= 0.6 is 0 Å². The lowest BCUT2D eigenvalue weighted by molar-refractivity contribution is -0.386. The van der Waals surface area contributed by atoms with Crippen LogP contribution in [0, 0.1) is 40.0 Å². The molecule has 12 heteroatoms. The van der Waals surface area contributed by atoms with Crippen molar-refractivity contribution in [1.29, 1.82) is 0 Å². The van der Waals surface area contributed by atoms with E-state index in [0.717, 1.165) is 0 Å². The van der Waals surface area contributed by atoms with Crippen LogP contribution in [-0.2, 0) is 11.3 Å². The molecule has 0 radical (unpaired) electrons. The zero-order valence-corrected chi connectivity index (χ0v) is 19.0. The maximum absolute atomic E-state index is 12.8. The summed E-state index contributed by atoms with van der Waals surface area (Å²) >= 11 is 0. The van der Waals surface area contributed by atoms with E-state index in [2.05, 4.69) is 10.4 Å². The molecule has 1 amide bonds. The lowest BCUT2D eigenvalue weighted by Gasteiger charge is -2.14. The van der Waals surface area contributed by atoms with Gasteiger partial charge in [0, 0.05) is 12.1 Å². The second-order valence-electron chi connectivity index (χ2n) is 7.60. The summed E-state index contributed by atoms with van der Waals surface area (Å²) in [7, 11) is 1.53. The van der Waals surface area contributed by atoms with Gasteiger partial charge in [-0.25, -0.2) is 0 Å². The number of nitrogens with zero attached hydrogens (tertiary/aromatic N) is 4. The number of aryl methyl sites for hydroxylation is 1. The molecular weight excluding hydrogens is 446 g/mol. The topological polar surface area (TPSA) is 152 Å². The molecule has 0 aliphatic rings. The van der Waals surface area contributed by atoms with Crippen molar-refractivity contribution in [1.82, 2.24) is 9.78 Å². The van der Waals surface area contributed by atoms with Crippen LogP contribution in [0.1, 0.15) is 18.3 Å². The first kappa shape index (κ1) is 24.2. The van der Waals surface area contributed by atoms with Gasteiger partial charge in [0.15, 0.2) is 0 Å². The van der Waals surface area contributed by atoms with E-state index in [1.807, 2.05) is 0 Å². The molecule has 12 nitrogen and oxygen atoms in total. The van der Waals surface area contributed by atoms with E-state index >= 15 is 0 Å². The van der Waals surface area contributed by atoms with E-state index in [4.69, 9.17) is 9.47 Å². The molecule has 0 aliphatic carbocycles. The van der Waals surface area contributed by atoms with Gasteiger partial charge in [0.2, 0.25) is 5.91 Å². The summed E-state index contributed by atoms with van der Waals surface area (Å²) < 4.78 is 12.2. The second kappa shape index (κ2) is 9.98. The fourth-order valence-corrected chi connectivity index (χ4v) is 3.34. The number of ether oxygens (including phenoxy) is 2. The van der Waals surface area contributed by atoms with Crippen LogP contribution in [0.2, 0.25) is 0 Å². The molecule has 3 aromatic rings. The number of benzene rings is 2. The number of methoxy groups -OCH3 is 1. The Labute approximate surface area is 194 Å². The van der Waals surface area contributed by atoms with Crippen molar-refractivity contribution in [2.75, 3.05) is 12.4 Å². The van der Waals surface area contributed by atoms with Crippen molar-refractivity contribution in [2.24, 2.45) is 5.92 Å². The van der Waals surface area contributed by atoms with Gasteiger partial charge in [-0.05, 0) is 38.1 Å². The van der Waals surface area contributed by atoms with Crippen LogP contribution in [0.3, 0.4) is 0 Å². The van der Waals surface area contributed by atoms with E-state index in [1.54, 1.807) is 38.1 Å². The fraction of sp³-hybridized carbons (Fsp3) is 0.273. The van der Waals surface area contributed by atoms with E-state index < -0.39 is 21.7 Å². The maximum Gasteiger partial charge on any atom is 0.312 e. The number of hydrogen-bond donors (Lipinski definition) is 1. The van der Waals surface area contributed by atoms with Crippen LogP contribution in [0.4, 0.5) is 17.1 Å². The quantitative estimate of drug-likeness (QED) is 0.358. The predicted octanol–water partition coefficient (Wildman–Crippen LogP) is 4.39. The average Bonchev–Trinajstić information content (AvgIpc) is 3.06. The Bertz CT molecular complexity index is 1240. The summed E-state index contributed by atoms with van der Waals surface area (Å²) in [5.41, 5.74) is 0.422.